The maximum atomic E-state index is 10.8. The third-order valence-electron chi connectivity index (χ3n) is 3.49. The molecule has 0 atom stereocenters. The third kappa shape index (κ3) is 2.54. The molecule has 0 amide bonds. The van der Waals surface area contributed by atoms with Crippen LogP contribution in [0.5, 0.6) is 0 Å². The Morgan fingerprint density at radius 3 is 2.61 bits per heavy atom. The fourth-order valence-corrected chi connectivity index (χ4v) is 2.36. The molecule has 1 N–H and O–H groups in total. The molecule has 7 nitrogen and oxygen atoms in total. The lowest BCUT2D eigenvalue weighted by Crippen LogP contribution is -2.43. The smallest absolute Gasteiger partial charge is 0.376 e. The van der Waals surface area contributed by atoms with E-state index in [1.54, 1.807) is 18.4 Å². The molecule has 1 fully saturated rings. The van der Waals surface area contributed by atoms with Gasteiger partial charge in [0.15, 0.2) is 0 Å². The molecule has 1 aromatic heterocycles. The summed E-state index contributed by atoms with van der Waals surface area (Å²) in [6.45, 7) is 4.98. The van der Waals surface area contributed by atoms with Crippen LogP contribution in [0.15, 0.2) is 6.20 Å². The molecule has 1 aliphatic heterocycles. The maximum Gasteiger partial charge on any atom is 0.376 e. The van der Waals surface area contributed by atoms with Crippen LogP contribution in [0, 0.1) is 17.0 Å². The van der Waals surface area contributed by atoms with Crippen molar-refractivity contribution in [3.63, 3.8) is 0 Å². The van der Waals surface area contributed by atoms with E-state index >= 15 is 0 Å². The van der Waals surface area contributed by atoms with Crippen molar-refractivity contribution >= 4 is 12.7 Å². The van der Waals surface area contributed by atoms with Crippen molar-refractivity contribution in [2.75, 3.05) is 13.1 Å². The first-order valence-corrected chi connectivity index (χ1v) is 6.11. The molecule has 0 unspecified atom stereocenters. The van der Waals surface area contributed by atoms with Gasteiger partial charge in [0.2, 0.25) is 0 Å². The molecular weight excluding hydrogens is 235 g/mol. The van der Waals surface area contributed by atoms with Crippen LogP contribution in [0.4, 0.5) is 5.69 Å². The Balaban J connectivity index is 2.06. The van der Waals surface area contributed by atoms with E-state index in [1.807, 2.05) is 4.81 Å². The molecule has 2 heterocycles. The SMILES string of the molecule is CB(O)N1CCC(n2cc([N+](=O)[O-])c(C)n2)CC1. The number of nitrogens with zero attached hydrogens (tertiary/aromatic N) is 4. The second kappa shape index (κ2) is 5.07. The molecule has 98 valence electrons. The average molecular weight is 252 g/mol. The van der Waals surface area contributed by atoms with Gasteiger partial charge in [-0.25, -0.2) is 0 Å². The van der Waals surface area contributed by atoms with Crippen LogP contribution in [-0.4, -0.2) is 44.7 Å². The second-order valence-corrected chi connectivity index (χ2v) is 4.74. The van der Waals surface area contributed by atoms with Gasteiger partial charge in [-0.3, -0.25) is 14.8 Å². The first-order valence-electron chi connectivity index (χ1n) is 6.11. The van der Waals surface area contributed by atoms with Gasteiger partial charge in [-0.1, -0.05) is 0 Å². The van der Waals surface area contributed by atoms with E-state index < -0.39 is 12.0 Å². The maximum absolute atomic E-state index is 10.8. The summed E-state index contributed by atoms with van der Waals surface area (Å²) in [6, 6.07) is 0.187. The van der Waals surface area contributed by atoms with Crippen LogP contribution in [0.25, 0.3) is 0 Å². The molecule has 1 saturated heterocycles. The molecule has 18 heavy (non-hydrogen) atoms. The van der Waals surface area contributed by atoms with Gasteiger partial charge in [0.1, 0.15) is 11.9 Å². The van der Waals surface area contributed by atoms with Gasteiger partial charge in [-0.2, -0.15) is 5.10 Å². The normalized spacial score (nSPS) is 17.9. The van der Waals surface area contributed by atoms with Gasteiger partial charge in [-0.05, 0) is 39.7 Å². The topological polar surface area (TPSA) is 84.4 Å². The quantitative estimate of drug-likeness (QED) is 0.489. The summed E-state index contributed by atoms with van der Waals surface area (Å²) in [5, 5.41) is 24.5. The molecule has 0 spiro atoms. The Kier molecular flexibility index (Phi) is 3.67. The summed E-state index contributed by atoms with van der Waals surface area (Å²) in [5.41, 5.74) is 0.533. The van der Waals surface area contributed by atoms with Gasteiger partial charge in [0.05, 0.1) is 11.0 Å². The number of hydrogen-bond acceptors (Lipinski definition) is 5. The first kappa shape index (κ1) is 13.0. The second-order valence-electron chi connectivity index (χ2n) is 4.74. The summed E-state index contributed by atoms with van der Waals surface area (Å²) in [5.74, 6) is 0. The molecule has 1 aliphatic rings. The van der Waals surface area contributed by atoms with E-state index in [2.05, 4.69) is 5.10 Å². The Labute approximate surface area is 106 Å². The van der Waals surface area contributed by atoms with E-state index in [0.29, 0.717) is 5.69 Å². The Bertz CT molecular complexity index is 440. The first-order chi connectivity index (χ1) is 8.49. The molecule has 0 bridgehead atoms. The fourth-order valence-electron chi connectivity index (χ4n) is 2.36. The predicted molar refractivity (Wildman–Crippen MR) is 67.3 cm³/mol. The lowest BCUT2D eigenvalue weighted by atomic mass is 9.82. The van der Waals surface area contributed by atoms with Crippen LogP contribution >= 0.6 is 0 Å². The Morgan fingerprint density at radius 2 is 2.17 bits per heavy atom. The van der Waals surface area contributed by atoms with Crippen molar-refractivity contribution in [2.45, 2.75) is 32.6 Å². The highest BCUT2D eigenvalue weighted by Gasteiger charge is 2.27. The van der Waals surface area contributed by atoms with E-state index in [1.165, 1.54) is 6.20 Å². The number of hydrogen-bond donors (Lipinski definition) is 1. The van der Waals surface area contributed by atoms with Crippen molar-refractivity contribution in [1.29, 1.82) is 0 Å². The molecule has 0 radical (unpaired) electrons. The number of piperidine rings is 1. The summed E-state index contributed by atoms with van der Waals surface area (Å²) in [4.78, 5) is 12.4. The Hall–Kier alpha value is -1.41. The highest BCUT2D eigenvalue weighted by Crippen LogP contribution is 2.25. The van der Waals surface area contributed by atoms with Crippen LogP contribution in [0.1, 0.15) is 24.6 Å². The van der Waals surface area contributed by atoms with Gasteiger partial charge < -0.3 is 9.83 Å². The minimum atomic E-state index is -0.431. The lowest BCUT2D eigenvalue weighted by Gasteiger charge is -2.32. The van der Waals surface area contributed by atoms with Crippen molar-refractivity contribution in [3.8, 4) is 0 Å². The largest absolute Gasteiger partial charge is 0.437 e. The molecule has 8 heteroatoms. The van der Waals surface area contributed by atoms with E-state index in [9.17, 15) is 15.1 Å². The standard InChI is InChI=1S/C10H17BN4O3/c1-8-10(15(17)18)7-14(12-8)9-3-5-13(6-4-9)11(2)16/h7,9,16H,3-6H2,1-2H3. The van der Waals surface area contributed by atoms with Crippen molar-refractivity contribution < 1.29 is 9.95 Å². The minimum Gasteiger partial charge on any atom is -0.437 e. The summed E-state index contributed by atoms with van der Waals surface area (Å²) >= 11 is 0. The predicted octanol–water partition coefficient (Wildman–Crippen LogP) is 0.847. The number of rotatable bonds is 3. The van der Waals surface area contributed by atoms with Gasteiger partial charge in [0, 0.05) is 0 Å². The number of nitro groups is 1. The van der Waals surface area contributed by atoms with Crippen molar-refractivity contribution in [1.82, 2.24) is 14.6 Å². The molecule has 0 saturated carbocycles. The summed E-state index contributed by atoms with van der Waals surface area (Å²) in [7, 11) is -0.431. The molecule has 1 aromatic rings. The summed E-state index contributed by atoms with van der Waals surface area (Å²) < 4.78 is 1.70. The molecule has 0 aliphatic carbocycles. The van der Waals surface area contributed by atoms with E-state index in [4.69, 9.17) is 0 Å². The average Bonchev–Trinajstić information content (AvgIpc) is 2.71. The minimum absolute atomic E-state index is 0.0768. The zero-order chi connectivity index (χ0) is 13.3. The lowest BCUT2D eigenvalue weighted by molar-refractivity contribution is -0.385. The van der Waals surface area contributed by atoms with Gasteiger partial charge in [0.25, 0.3) is 0 Å². The van der Waals surface area contributed by atoms with Crippen LogP contribution in [0.2, 0.25) is 6.82 Å². The summed E-state index contributed by atoms with van der Waals surface area (Å²) in [6.07, 6.45) is 3.21. The van der Waals surface area contributed by atoms with Crippen LogP contribution < -0.4 is 0 Å². The molecule has 0 aromatic carbocycles. The van der Waals surface area contributed by atoms with Crippen LogP contribution in [-0.2, 0) is 0 Å². The van der Waals surface area contributed by atoms with Crippen LogP contribution in [0.3, 0.4) is 0 Å². The zero-order valence-corrected chi connectivity index (χ0v) is 10.6. The van der Waals surface area contributed by atoms with Crippen molar-refractivity contribution in [3.05, 3.63) is 22.0 Å². The van der Waals surface area contributed by atoms with E-state index in [-0.39, 0.29) is 11.7 Å². The van der Waals surface area contributed by atoms with E-state index in [0.717, 1.165) is 25.9 Å². The van der Waals surface area contributed by atoms with Crippen molar-refractivity contribution in [2.24, 2.45) is 0 Å². The monoisotopic (exact) mass is 252 g/mol. The van der Waals surface area contributed by atoms with Gasteiger partial charge in [-0.15, -0.1) is 0 Å². The molecular formula is C10H17BN4O3. The number of aromatic nitrogens is 2. The fraction of sp³-hybridized carbons (Fsp3) is 0.700. The van der Waals surface area contributed by atoms with Gasteiger partial charge >= 0.3 is 12.7 Å². The molecule has 2 rings (SSSR count). The highest BCUT2D eigenvalue weighted by atomic mass is 16.6. The zero-order valence-electron chi connectivity index (χ0n) is 10.6. The Morgan fingerprint density at radius 1 is 1.56 bits per heavy atom. The highest BCUT2D eigenvalue weighted by molar-refractivity contribution is 6.45. The number of aryl methyl sites for hydroxylation is 1. The third-order valence-corrected chi connectivity index (χ3v) is 3.49.